The largest absolute Gasteiger partial charge is 0.374 e. The summed E-state index contributed by atoms with van der Waals surface area (Å²) in [7, 11) is 0. The molecular formula is C6H8Br2O. The third-order valence-electron chi connectivity index (χ3n) is 1.28. The van der Waals surface area contributed by atoms with Gasteiger partial charge in [0.25, 0.3) is 0 Å². The molecule has 0 amide bonds. The van der Waals surface area contributed by atoms with Crippen LogP contribution in [0.1, 0.15) is 12.8 Å². The van der Waals surface area contributed by atoms with Crippen LogP contribution in [0.4, 0.5) is 0 Å². The van der Waals surface area contributed by atoms with Crippen molar-refractivity contribution in [3.8, 4) is 0 Å². The maximum atomic E-state index is 5.33. The topological polar surface area (TPSA) is 9.23 Å². The van der Waals surface area contributed by atoms with Crippen LogP contribution < -0.4 is 0 Å². The van der Waals surface area contributed by atoms with E-state index in [9.17, 15) is 0 Å². The van der Waals surface area contributed by atoms with Crippen molar-refractivity contribution in [1.29, 1.82) is 0 Å². The van der Waals surface area contributed by atoms with Gasteiger partial charge in [0.15, 0.2) is 0 Å². The molecule has 3 heteroatoms. The van der Waals surface area contributed by atoms with Gasteiger partial charge in [-0.25, -0.2) is 0 Å². The van der Waals surface area contributed by atoms with E-state index in [-0.39, 0.29) is 0 Å². The minimum absolute atomic E-state index is 0.332. The van der Waals surface area contributed by atoms with Crippen molar-refractivity contribution in [2.75, 3.05) is 6.61 Å². The first-order valence-electron chi connectivity index (χ1n) is 2.93. The number of ether oxygens (including phenoxy) is 1. The third-order valence-corrected chi connectivity index (χ3v) is 1.81. The number of hydrogen-bond donors (Lipinski definition) is 0. The Balaban J connectivity index is 2.35. The summed E-state index contributed by atoms with van der Waals surface area (Å²) >= 11 is 6.56. The molecule has 52 valence electrons. The van der Waals surface area contributed by atoms with Gasteiger partial charge in [0.05, 0.1) is 9.50 Å². The highest BCUT2D eigenvalue weighted by molar-refractivity contribution is 9.28. The van der Waals surface area contributed by atoms with E-state index in [1.54, 1.807) is 0 Å². The first kappa shape index (κ1) is 7.76. The van der Waals surface area contributed by atoms with Crippen molar-refractivity contribution in [2.45, 2.75) is 18.9 Å². The van der Waals surface area contributed by atoms with E-state index in [1.807, 2.05) is 6.08 Å². The zero-order chi connectivity index (χ0) is 6.69. The SMILES string of the molecule is BrC(Br)=CC1CCCO1. The van der Waals surface area contributed by atoms with Crippen LogP contribution in [0.2, 0.25) is 0 Å². The highest BCUT2D eigenvalue weighted by Gasteiger charge is 2.11. The molecule has 1 nitrogen and oxygen atoms in total. The van der Waals surface area contributed by atoms with E-state index in [1.165, 1.54) is 6.42 Å². The lowest BCUT2D eigenvalue weighted by Gasteiger charge is -1.99. The van der Waals surface area contributed by atoms with Crippen LogP contribution in [0.3, 0.4) is 0 Å². The monoisotopic (exact) mass is 254 g/mol. The second kappa shape index (κ2) is 3.74. The van der Waals surface area contributed by atoms with Crippen molar-refractivity contribution in [1.82, 2.24) is 0 Å². The molecule has 0 radical (unpaired) electrons. The summed E-state index contributed by atoms with van der Waals surface area (Å²) in [5, 5.41) is 0. The molecule has 1 heterocycles. The second-order valence-corrected chi connectivity index (χ2v) is 4.78. The van der Waals surface area contributed by atoms with Gasteiger partial charge in [-0.15, -0.1) is 0 Å². The first-order chi connectivity index (χ1) is 4.29. The molecule has 1 saturated heterocycles. The number of halogens is 2. The van der Waals surface area contributed by atoms with Crippen molar-refractivity contribution in [3.63, 3.8) is 0 Å². The van der Waals surface area contributed by atoms with Crippen molar-refractivity contribution < 1.29 is 4.74 Å². The average molecular weight is 256 g/mol. The van der Waals surface area contributed by atoms with Crippen molar-refractivity contribution >= 4 is 31.9 Å². The molecule has 0 aromatic carbocycles. The Labute approximate surface area is 71.7 Å². The minimum Gasteiger partial charge on any atom is -0.374 e. The van der Waals surface area contributed by atoms with Crippen LogP contribution in [-0.4, -0.2) is 12.7 Å². The smallest absolute Gasteiger partial charge is 0.0775 e. The highest BCUT2D eigenvalue weighted by Crippen LogP contribution is 2.20. The van der Waals surface area contributed by atoms with E-state index >= 15 is 0 Å². The van der Waals surface area contributed by atoms with Crippen LogP contribution in [-0.2, 0) is 4.74 Å². The van der Waals surface area contributed by atoms with E-state index < -0.39 is 0 Å². The highest BCUT2D eigenvalue weighted by atomic mass is 79.9. The normalized spacial score (nSPS) is 26.2. The van der Waals surface area contributed by atoms with Crippen molar-refractivity contribution in [2.24, 2.45) is 0 Å². The minimum atomic E-state index is 0.332. The lowest BCUT2D eigenvalue weighted by Crippen LogP contribution is -1.98. The molecule has 0 saturated carbocycles. The van der Waals surface area contributed by atoms with Crippen LogP contribution in [0.5, 0.6) is 0 Å². The summed E-state index contributed by atoms with van der Waals surface area (Å²) in [4.78, 5) is 0. The predicted molar refractivity (Wildman–Crippen MR) is 44.9 cm³/mol. The molecule has 0 spiro atoms. The molecule has 0 aliphatic carbocycles. The summed E-state index contributed by atoms with van der Waals surface area (Å²) in [6, 6.07) is 0. The predicted octanol–water partition coefficient (Wildman–Crippen LogP) is 2.80. The van der Waals surface area contributed by atoms with Gasteiger partial charge in [-0.2, -0.15) is 0 Å². The fourth-order valence-corrected chi connectivity index (χ4v) is 1.46. The van der Waals surface area contributed by atoms with Gasteiger partial charge < -0.3 is 4.74 Å². The zero-order valence-corrected chi connectivity index (χ0v) is 8.11. The molecule has 1 aliphatic heterocycles. The van der Waals surface area contributed by atoms with Gasteiger partial charge in [-0.05, 0) is 50.8 Å². The fourth-order valence-electron chi connectivity index (χ4n) is 0.875. The summed E-state index contributed by atoms with van der Waals surface area (Å²) < 4.78 is 6.32. The Morgan fingerprint density at radius 1 is 1.56 bits per heavy atom. The molecule has 1 rings (SSSR count). The summed E-state index contributed by atoms with van der Waals surface area (Å²) in [6.45, 7) is 0.911. The molecule has 1 atom stereocenters. The molecular weight excluding hydrogens is 248 g/mol. The number of hydrogen-bond acceptors (Lipinski definition) is 1. The summed E-state index contributed by atoms with van der Waals surface area (Å²) in [5.74, 6) is 0. The molecule has 1 unspecified atom stereocenters. The molecule has 1 aliphatic rings. The third kappa shape index (κ3) is 2.83. The quantitative estimate of drug-likeness (QED) is 0.700. The van der Waals surface area contributed by atoms with Crippen LogP contribution >= 0.6 is 31.9 Å². The van der Waals surface area contributed by atoms with Gasteiger partial charge in [-0.3, -0.25) is 0 Å². The van der Waals surface area contributed by atoms with Crippen LogP contribution in [0.15, 0.2) is 9.47 Å². The van der Waals surface area contributed by atoms with Gasteiger partial charge >= 0.3 is 0 Å². The van der Waals surface area contributed by atoms with Gasteiger partial charge in [0, 0.05) is 6.61 Å². The Hall–Kier alpha value is 0.660. The molecule has 0 bridgehead atoms. The average Bonchev–Trinajstić information content (AvgIpc) is 2.15. The lowest BCUT2D eigenvalue weighted by atomic mass is 10.2. The molecule has 1 fully saturated rings. The Bertz CT molecular complexity index is 112. The van der Waals surface area contributed by atoms with Crippen LogP contribution in [0, 0.1) is 0 Å². The van der Waals surface area contributed by atoms with Gasteiger partial charge in [0.1, 0.15) is 0 Å². The Morgan fingerprint density at radius 2 is 2.33 bits per heavy atom. The molecule has 0 aromatic rings. The maximum absolute atomic E-state index is 5.33. The fraction of sp³-hybridized carbons (Fsp3) is 0.667. The summed E-state index contributed by atoms with van der Waals surface area (Å²) in [5.41, 5.74) is 0. The van der Waals surface area contributed by atoms with Crippen molar-refractivity contribution in [3.05, 3.63) is 9.47 Å². The van der Waals surface area contributed by atoms with Gasteiger partial charge in [-0.1, -0.05) is 0 Å². The van der Waals surface area contributed by atoms with E-state index in [4.69, 9.17) is 4.74 Å². The van der Waals surface area contributed by atoms with Crippen LogP contribution in [0.25, 0.3) is 0 Å². The van der Waals surface area contributed by atoms with E-state index in [0.717, 1.165) is 16.4 Å². The first-order valence-corrected chi connectivity index (χ1v) is 4.52. The van der Waals surface area contributed by atoms with E-state index in [0.29, 0.717) is 6.10 Å². The second-order valence-electron chi connectivity index (χ2n) is 2.01. The molecule has 0 aromatic heterocycles. The Kier molecular flexibility index (Phi) is 3.22. The Morgan fingerprint density at radius 3 is 2.78 bits per heavy atom. The zero-order valence-electron chi connectivity index (χ0n) is 4.94. The molecule has 0 N–H and O–H groups in total. The van der Waals surface area contributed by atoms with E-state index in [2.05, 4.69) is 31.9 Å². The standard InChI is InChI=1S/C6H8Br2O/c7-6(8)4-5-2-1-3-9-5/h4-5H,1-3H2. The lowest BCUT2D eigenvalue weighted by molar-refractivity contribution is 0.145. The molecule has 9 heavy (non-hydrogen) atoms. The number of rotatable bonds is 1. The maximum Gasteiger partial charge on any atom is 0.0775 e. The summed E-state index contributed by atoms with van der Waals surface area (Å²) in [6.07, 6.45) is 4.71. The van der Waals surface area contributed by atoms with Gasteiger partial charge in [0.2, 0.25) is 0 Å².